The van der Waals surface area contributed by atoms with Crippen LogP contribution in [0, 0.1) is 5.82 Å². The molecule has 0 spiro atoms. The van der Waals surface area contributed by atoms with Crippen molar-refractivity contribution in [3.8, 4) is 17.0 Å². The van der Waals surface area contributed by atoms with Gasteiger partial charge in [0.2, 0.25) is 11.5 Å². The Balaban J connectivity index is 1.60. The van der Waals surface area contributed by atoms with Crippen LogP contribution in [-0.2, 0) is 15.8 Å². The van der Waals surface area contributed by atoms with E-state index >= 15 is 0 Å². The summed E-state index contributed by atoms with van der Waals surface area (Å²) in [5, 5.41) is 13.6. The van der Waals surface area contributed by atoms with Crippen molar-refractivity contribution in [1.29, 1.82) is 0 Å². The van der Waals surface area contributed by atoms with Crippen LogP contribution in [0.3, 0.4) is 0 Å². The van der Waals surface area contributed by atoms with Crippen molar-refractivity contribution < 1.29 is 37.0 Å². The van der Waals surface area contributed by atoms with Crippen molar-refractivity contribution in [3.63, 3.8) is 0 Å². The van der Waals surface area contributed by atoms with Crippen molar-refractivity contribution in [2.24, 2.45) is 5.73 Å². The molecule has 0 aliphatic carbocycles. The molecule has 5 rings (SSSR count). The van der Waals surface area contributed by atoms with E-state index in [0.717, 1.165) is 29.5 Å². The number of primary amides is 1. The van der Waals surface area contributed by atoms with Gasteiger partial charge in [0, 0.05) is 16.7 Å². The van der Waals surface area contributed by atoms with Gasteiger partial charge in [-0.3, -0.25) is 9.59 Å². The molecular weight excluding hydrogens is 566 g/mol. The highest BCUT2D eigenvalue weighted by Crippen LogP contribution is 2.49. The summed E-state index contributed by atoms with van der Waals surface area (Å²) in [4.78, 5) is 33.6. The number of carbonyl (C=O) groups excluding carboxylic acids is 2. The lowest BCUT2D eigenvalue weighted by molar-refractivity contribution is -0.265. The van der Waals surface area contributed by atoms with Crippen LogP contribution < -0.4 is 21.5 Å². The second-order valence-corrected chi connectivity index (χ2v) is 10.7. The van der Waals surface area contributed by atoms with Gasteiger partial charge in [0.1, 0.15) is 29.3 Å². The van der Waals surface area contributed by atoms with Crippen LogP contribution in [0.5, 0.6) is 5.75 Å². The highest BCUT2D eigenvalue weighted by atomic mass is 32.1. The number of thiazole rings is 1. The third-order valence-corrected chi connectivity index (χ3v) is 8.06. The van der Waals surface area contributed by atoms with E-state index in [1.54, 1.807) is 6.92 Å². The fourth-order valence-corrected chi connectivity index (χ4v) is 5.50. The first-order valence-corrected chi connectivity index (χ1v) is 13.1. The molecule has 9 nitrogen and oxygen atoms in total. The van der Waals surface area contributed by atoms with Gasteiger partial charge in [0.05, 0.1) is 22.5 Å². The van der Waals surface area contributed by atoms with E-state index in [2.05, 4.69) is 15.3 Å². The number of halogens is 4. The van der Waals surface area contributed by atoms with Crippen LogP contribution in [-0.4, -0.2) is 46.2 Å². The van der Waals surface area contributed by atoms with E-state index < -0.39 is 47.1 Å². The SMILES string of the molecule is CC[C@]1(C(N)=O)COc2c1cc([C@@](O)(CNC(=O)c1ccc3nc(N)sc3c1)C(F)(F)F)nc2-c1ccc(F)cc1. The van der Waals surface area contributed by atoms with Gasteiger partial charge >= 0.3 is 6.18 Å². The van der Waals surface area contributed by atoms with Crippen LogP contribution in [0.2, 0.25) is 0 Å². The number of alkyl halides is 3. The number of hydrogen-bond donors (Lipinski definition) is 4. The molecule has 4 aromatic rings. The highest BCUT2D eigenvalue weighted by molar-refractivity contribution is 7.22. The van der Waals surface area contributed by atoms with E-state index in [9.17, 15) is 32.3 Å². The van der Waals surface area contributed by atoms with Gasteiger partial charge in [-0.25, -0.2) is 14.4 Å². The lowest BCUT2D eigenvalue weighted by atomic mass is 9.78. The monoisotopic (exact) mass is 589 g/mol. The number of hydrogen-bond acceptors (Lipinski definition) is 8. The summed E-state index contributed by atoms with van der Waals surface area (Å²) in [6.07, 6.45) is -5.26. The molecule has 0 saturated heterocycles. The number of nitrogen functional groups attached to an aromatic ring is 1. The topological polar surface area (TPSA) is 153 Å². The van der Waals surface area contributed by atoms with Crippen LogP contribution in [0.1, 0.15) is 35.0 Å². The van der Waals surface area contributed by atoms with Crippen LogP contribution in [0.15, 0.2) is 48.5 Å². The minimum atomic E-state index is -5.33. The molecule has 6 N–H and O–H groups in total. The van der Waals surface area contributed by atoms with Gasteiger partial charge in [-0.15, -0.1) is 0 Å². The van der Waals surface area contributed by atoms with Crippen molar-refractivity contribution in [1.82, 2.24) is 15.3 Å². The second-order valence-electron chi connectivity index (χ2n) is 9.60. The summed E-state index contributed by atoms with van der Waals surface area (Å²) in [6, 6.07) is 9.92. The quantitative estimate of drug-likeness (QED) is 0.239. The van der Waals surface area contributed by atoms with Crippen molar-refractivity contribution >= 4 is 38.5 Å². The molecule has 14 heteroatoms. The molecule has 1 aliphatic heterocycles. The third-order valence-electron chi connectivity index (χ3n) is 7.21. The predicted molar refractivity (Wildman–Crippen MR) is 143 cm³/mol. The van der Waals surface area contributed by atoms with Crippen LogP contribution >= 0.6 is 11.3 Å². The molecule has 0 bridgehead atoms. The Morgan fingerprint density at radius 1 is 1.15 bits per heavy atom. The minimum absolute atomic E-state index is 0.000868. The van der Waals surface area contributed by atoms with E-state index in [4.69, 9.17) is 16.2 Å². The zero-order valence-corrected chi connectivity index (χ0v) is 22.2. The average Bonchev–Trinajstić information content (AvgIpc) is 3.50. The van der Waals surface area contributed by atoms with Crippen LogP contribution in [0.25, 0.3) is 21.5 Å². The number of benzene rings is 2. The highest BCUT2D eigenvalue weighted by Gasteiger charge is 2.58. The summed E-state index contributed by atoms with van der Waals surface area (Å²) >= 11 is 1.10. The molecule has 0 unspecified atom stereocenters. The number of aliphatic hydroxyl groups is 1. The Morgan fingerprint density at radius 3 is 2.49 bits per heavy atom. The van der Waals surface area contributed by atoms with E-state index in [1.807, 2.05) is 0 Å². The molecule has 2 amide bonds. The maximum absolute atomic E-state index is 14.6. The Bertz CT molecular complexity index is 1680. The smallest absolute Gasteiger partial charge is 0.424 e. The van der Waals surface area contributed by atoms with Gasteiger partial charge in [-0.05, 0) is 55.0 Å². The number of nitrogens with two attached hydrogens (primary N) is 2. The molecule has 0 saturated carbocycles. The first-order chi connectivity index (χ1) is 19.3. The van der Waals surface area contributed by atoms with Gasteiger partial charge < -0.3 is 26.6 Å². The number of aromatic nitrogens is 2. The summed E-state index contributed by atoms with van der Waals surface area (Å²) in [7, 11) is 0. The molecule has 0 fully saturated rings. The second kappa shape index (κ2) is 9.96. The first-order valence-electron chi connectivity index (χ1n) is 12.3. The molecular formula is C27H23F4N5O4S. The van der Waals surface area contributed by atoms with E-state index in [-0.39, 0.29) is 46.3 Å². The molecule has 2 aromatic heterocycles. The van der Waals surface area contributed by atoms with Crippen molar-refractivity contribution in [2.45, 2.75) is 30.5 Å². The number of nitrogens with zero attached hydrogens (tertiary/aromatic N) is 2. The third kappa shape index (κ3) is 4.72. The maximum atomic E-state index is 14.6. The number of ether oxygens (including phenoxy) is 1. The number of nitrogens with one attached hydrogen (secondary N) is 1. The van der Waals surface area contributed by atoms with E-state index in [0.29, 0.717) is 10.2 Å². The number of carbonyl (C=O) groups is 2. The van der Waals surface area contributed by atoms with Gasteiger partial charge in [-0.2, -0.15) is 13.2 Å². The maximum Gasteiger partial charge on any atom is 0.424 e. The zero-order chi connectivity index (χ0) is 29.7. The molecule has 1 aliphatic rings. The fraction of sp³-hybridized carbons (Fsp3) is 0.259. The van der Waals surface area contributed by atoms with Crippen molar-refractivity contribution in [2.75, 3.05) is 18.9 Å². The lowest BCUT2D eigenvalue weighted by Crippen LogP contribution is -2.52. The first kappa shape index (κ1) is 28.2. The number of rotatable bonds is 7. The van der Waals surface area contributed by atoms with Crippen LogP contribution in [0.4, 0.5) is 22.7 Å². The molecule has 0 radical (unpaired) electrons. The summed E-state index contributed by atoms with van der Waals surface area (Å²) in [5.74, 6) is -2.35. The Hall–Kier alpha value is -4.30. The van der Waals surface area contributed by atoms with Gasteiger partial charge in [0.25, 0.3) is 5.91 Å². The fourth-order valence-electron chi connectivity index (χ4n) is 4.72. The largest absolute Gasteiger partial charge is 0.489 e. The molecule has 3 heterocycles. The average molecular weight is 590 g/mol. The predicted octanol–water partition coefficient (Wildman–Crippen LogP) is 3.79. The summed E-state index contributed by atoms with van der Waals surface area (Å²) in [5.41, 5.74) is 5.79. The lowest BCUT2D eigenvalue weighted by Gasteiger charge is -2.32. The van der Waals surface area contributed by atoms with Crippen molar-refractivity contribution in [3.05, 3.63) is 71.2 Å². The van der Waals surface area contributed by atoms with Gasteiger partial charge in [-0.1, -0.05) is 18.3 Å². The number of amides is 2. The van der Waals surface area contributed by atoms with E-state index in [1.165, 1.54) is 30.3 Å². The Morgan fingerprint density at radius 2 is 1.85 bits per heavy atom. The molecule has 41 heavy (non-hydrogen) atoms. The summed E-state index contributed by atoms with van der Waals surface area (Å²) < 4.78 is 63.7. The molecule has 2 atom stereocenters. The van der Waals surface area contributed by atoms with Gasteiger partial charge in [0.15, 0.2) is 5.13 Å². The molecule has 214 valence electrons. The standard InChI is InChI=1S/C27H23F4N5O4S/c1-2-25(23(32)38)12-40-21-16(25)10-19(36-20(21)13-3-6-15(28)7-4-13)26(39,27(29,30)31)11-34-22(37)14-5-8-17-18(9-14)41-24(33)35-17/h3-10,39H,2,11-12H2,1H3,(H2,32,38)(H2,33,35)(H,34,37)/t25-,26-/m0/s1. The zero-order valence-electron chi connectivity index (χ0n) is 21.4. The number of anilines is 1. The minimum Gasteiger partial charge on any atom is -0.489 e. The Labute approximate surface area is 234 Å². The normalized spacial score (nSPS) is 18.0. The number of fused-ring (bicyclic) bond motifs is 2. The number of pyridine rings is 1. The summed E-state index contributed by atoms with van der Waals surface area (Å²) in [6.45, 7) is 0.0350. The molecule has 2 aromatic carbocycles. The Kier molecular flexibility index (Phi) is 6.86.